The van der Waals surface area contributed by atoms with Gasteiger partial charge in [0, 0.05) is 5.56 Å². The Morgan fingerprint density at radius 1 is 1.25 bits per heavy atom. The summed E-state index contributed by atoms with van der Waals surface area (Å²) in [4.78, 5) is 9.90. The van der Waals surface area contributed by atoms with Crippen LogP contribution in [0.4, 0.5) is 8.78 Å². The first-order valence-electron chi connectivity index (χ1n) is 3.20. The van der Waals surface area contributed by atoms with Gasteiger partial charge in [0.15, 0.2) is 6.29 Å². The first-order chi connectivity index (χ1) is 5.56. The Morgan fingerprint density at radius 3 is 2.17 bits per heavy atom. The lowest BCUT2D eigenvalue weighted by molar-refractivity contribution is -0.130. The van der Waals surface area contributed by atoms with Crippen molar-refractivity contribution in [2.75, 3.05) is 0 Å². The van der Waals surface area contributed by atoms with Crippen LogP contribution in [0, 0.1) is 0 Å². The van der Waals surface area contributed by atoms with Crippen LogP contribution >= 0.6 is 0 Å². The van der Waals surface area contributed by atoms with E-state index in [1.807, 2.05) is 0 Å². The van der Waals surface area contributed by atoms with E-state index in [-0.39, 0.29) is 5.75 Å². The Kier molecular flexibility index (Phi) is 2.08. The molecule has 0 unspecified atom stereocenters. The van der Waals surface area contributed by atoms with E-state index in [2.05, 4.69) is 0 Å². The number of phenolic OH excluding ortho intramolecular Hbond substituents is 1. The van der Waals surface area contributed by atoms with Crippen molar-refractivity contribution in [2.24, 2.45) is 0 Å². The van der Waals surface area contributed by atoms with Crippen LogP contribution in [-0.2, 0) is 10.7 Å². The van der Waals surface area contributed by atoms with Crippen molar-refractivity contribution in [2.45, 2.75) is 5.92 Å². The molecule has 64 valence electrons. The molecule has 0 saturated heterocycles. The van der Waals surface area contributed by atoms with Crippen LogP contribution in [0.3, 0.4) is 0 Å². The van der Waals surface area contributed by atoms with Gasteiger partial charge in [-0.05, 0) is 24.3 Å². The molecule has 0 fully saturated rings. The summed E-state index contributed by atoms with van der Waals surface area (Å²) >= 11 is 0. The Morgan fingerprint density at radius 2 is 1.75 bits per heavy atom. The fourth-order valence-electron chi connectivity index (χ4n) is 0.752. The molecule has 0 heterocycles. The van der Waals surface area contributed by atoms with E-state index < -0.39 is 17.8 Å². The molecule has 0 spiro atoms. The second kappa shape index (κ2) is 2.89. The number of halogens is 2. The maximum Gasteiger partial charge on any atom is 0.327 e. The number of aromatic hydroxyl groups is 1. The molecule has 0 aliphatic rings. The van der Waals surface area contributed by atoms with Gasteiger partial charge in [0.2, 0.25) is 0 Å². The molecule has 0 aromatic heterocycles. The van der Waals surface area contributed by atoms with E-state index in [9.17, 15) is 13.6 Å². The summed E-state index contributed by atoms with van der Waals surface area (Å²) in [6.45, 7) is 0. The average Bonchev–Trinajstić information content (AvgIpc) is 2.05. The van der Waals surface area contributed by atoms with Gasteiger partial charge in [-0.3, -0.25) is 4.79 Å². The van der Waals surface area contributed by atoms with E-state index in [4.69, 9.17) is 5.11 Å². The Bertz CT molecular complexity index is 280. The Balaban J connectivity index is 3.04. The third-order valence-electron chi connectivity index (χ3n) is 1.40. The summed E-state index contributed by atoms with van der Waals surface area (Å²) in [7, 11) is 0. The smallest absolute Gasteiger partial charge is 0.327 e. The van der Waals surface area contributed by atoms with Gasteiger partial charge in [-0.25, -0.2) is 0 Å². The van der Waals surface area contributed by atoms with Crippen LogP contribution in [0.25, 0.3) is 0 Å². The fourth-order valence-corrected chi connectivity index (χ4v) is 0.752. The normalized spacial score (nSPS) is 11.2. The summed E-state index contributed by atoms with van der Waals surface area (Å²) in [6.07, 6.45) is -0.431. The van der Waals surface area contributed by atoms with E-state index >= 15 is 0 Å². The summed E-state index contributed by atoms with van der Waals surface area (Å²) in [5.74, 6) is -3.58. The largest absolute Gasteiger partial charge is 0.508 e. The number of phenols is 1. The quantitative estimate of drug-likeness (QED) is 0.689. The minimum absolute atomic E-state index is 0.111. The van der Waals surface area contributed by atoms with Crippen LogP contribution in [0.15, 0.2) is 24.3 Å². The first kappa shape index (κ1) is 8.64. The second-order valence-corrected chi connectivity index (χ2v) is 2.29. The van der Waals surface area contributed by atoms with Crippen molar-refractivity contribution in [1.82, 2.24) is 0 Å². The van der Waals surface area contributed by atoms with Crippen LogP contribution in [0.2, 0.25) is 0 Å². The van der Waals surface area contributed by atoms with Crippen molar-refractivity contribution in [3.05, 3.63) is 29.8 Å². The van der Waals surface area contributed by atoms with Crippen molar-refractivity contribution in [3.8, 4) is 5.75 Å². The zero-order valence-electron chi connectivity index (χ0n) is 6.00. The molecule has 12 heavy (non-hydrogen) atoms. The van der Waals surface area contributed by atoms with Gasteiger partial charge >= 0.3 is 5.92 Å². The second-order valence-electron chi connectivity index (χ2n) is 2.29. The summed E-state index contributed by atoms with van der Waals surface area (Å²) in [5.41, 5.74) is -0.421. The van der Waals surface area contributed by atoms with Crippen LogP contribution in [-0.4, -0.2) is 11.4 Å². The van der Waals surface area contributed by atoms with Gasteiger partial charge in [0.1, 0.15) is 5.75 Å². The molecular formula is C8H6F2O2. The number of hydrogen-bond donors (Lipinski definition) is 1. The molecule has 1 rings (SSSR count). The fraction of sp³-hybridized carbons (Fsp3) is 0.125. The van der Waals surface area contributed by atoms with Crippen molar-refractivity contribution in [3.63, 3.8) is 0 Å². The van der Waals surface area contributed by atoms with Gasteiger partial charge in [0.05, 0.1) is 0 Å². The van der Waals surface area contributed by atoms with Crippen LogP contribution < -0.4 is 0 Å². The first-order valence-corrected chi connectivity index (χ1v) is 3.20. The zero-order chi connectivity index (χ0) is 9.19. The highest BCUT2D eigenvalue weighted by Crippen LogP contribution is 2.26. The van der Waals surface area contributed by atoms with Crippen molar-refractivity contribution < 1.29 is 18.7 Å². The van der Waals surface area contributed by atoms with E-state index in [0.29, 0.717) is 0 Å². The van der Waals surface area contributed by atoms with Crippen molar-refractivity contribution in [1.29, 1.82) is 0 Å². The minimum atomic E-state index is -3.46. The van der Waals surface area contributed by atoms with E-state index in [0.717, 1.165) is 24.3 Å². The number of carbonyl (C=O) groups excluding carboxylic acids is 1. The summed E-state index contributed by atoms with van der Waals surface area (Å²) < 4.78 is 25.1. The molecule has 1 aromatic carbocycles. The molecule has 0 amide bonds. The number of carbonyl (C=O) groups is 1. The molecule has 1 N–H and O–H groups in total. The standard InChI is InChI=1S/C8H6F2O2/c9-8(10,5-11)6-1-3-7(12)4-2-6/h1-5,12H. The molecule has 0 bridgehead atoms. The zero-order valence-corrected chi connectivity index (χ0v) is 6.00. The predicted molar refractivity (Wildman–Crippen MR) is 38.1 cm³/mol. The Labute approximate surface area is 67.4 Å². The van der Waals surface area contributed by atoms with E-state index in [1.165, 1.54) is 0 Å². The summed E-state index contributed by atoms with van der Waals surface area (Å²) in [5, 5.41) is 8.76. The molecule has 0 atom stereocenters. The molecule has 2 nitrogen and oxygen atoms in total. The molecule has 4 heteroatoms. The lowest BCUT2D eigenvalue weighted by Gasteiger charge is -2.07. The lowest BCUT2D eigenvalue weighted by Crippen LogP contribution is -2.14. The number of benzene rings is 1. The lowest BCUT2D eigenvalue weighted by atomic mass is 10.1. The monoisotopic (exact) mass is 172 g/mol. The predicted octanol–water partition coefficient (Wildman–Crippen LogP) is 1.68. The average molecular weight is 172 g/mol. The third kappa shape index (κ3) is 1.58. The topological polar surface area (TPSA) is 37.3 Å². The van der Waals surface area contributed by atoms with Gasteiger partial charge in [-0.15, -0.1) is 0 Å². The van der Waals surface area contributed by atoms with E-state index in [1.54, 1.807) is 0 Å². The molecular weight excluding hydrogens is 166 g/mol. The van der Waals surface area contributed by atoms with Gasteiger partial charge in [0.25, 0.3) is 0 Å². The van der Waals surface area contributed by atoms with Gasteiger partial charge < -0.3 is 5.11 Å². The number of aldehydes is 1. The SMILES string of the molecule is O=CC(F)(F)c1ccc(O)cc1. The van der Waals surface area contributed by atoms with Gasteiger partial charge in [-0.2, -0.15) is 8.78 Å². The highest BCUT2D eigenvalue weighted by Gasteiger charge is 2.30. The number of alkyl halides is 2. The van der Waals surface area contributed by atoms with Crippen molar-refractivity contribution >= 4 is 6.29 Å². The van der Waals surface area contributed by atoms with Crippen LogP contribution in [0.5, 0.6) is 5.75 Å². The number of rotatable bonds is 2. The molecule has 0 saturated carbocycles. The number of hydrogen-bond acceptors (Lipinski definition) is 2. The molecule has 1 aromatic rings. The maximum absolute atomic E-state index is 12.6. The maximum atomic E-state index is 12.6. The Hall–Kier alpha value is -1.45. The van der Waals surface area contributed by atoms with Crippen LogP contribution in [0.1, 0.15) is 5.56 Å². The minimum Gasteiger partial charge on any atom is -0.508 e. The molecule has 0 aliphatic carbocycles. The molecule has 0 aliphatic heterocycles. The summed E-state index contributed by atoms with van der Waals surface area (Å²) in [6, 6.07) is 4.22. The third-order valence-corrected chi connectivity index (χ3v) is 1.40. The van der Waals surface area contributed by atoms with Gasteiger partial charge in [-0.1, -0.05) is 0 Å². The molecule has 0 radical (unpaired) electrons. The highest BCUT2D eigenvalue weighted by atomic mass is 19.3. The highest BCUT2D eigenvalue weighted by molar-refractivity contribution is 5.63.